The molecule has 0 unspecified atom stereocenters. The van der Waals surface area contributed by atoms with E-state index in [0.29, 0.717) is 42.6 Å². The summed E-state index contributed by atoms with van der Waals surface area (Å²) < 4.78 is 13.8. The molecule has 6 nitrogen and oxygen atoms in total. The van der Waals surface area contributed by atoms with E-state index in [2.05, 4.69) is 11.4 Å². The Labute approximate surface area is 190 Å². The van der Waals surface area contributed by atoms with E-state index in [-0.39, 0.29) is 5.91 Å². The van der Waals surface area contributed by atoms with Crippen LogP contribution < -0.4 is 14.8 Å². The normalized spacial score (nSPS) is 16.4. The Morgan fingerprint density at radius 3 is 2.81 bits per heavy atom. The highest BCUT2D eigenvalue weighted by Crippen LogP contribution is 2.35. The maximum absolute atomic E-state index is 13.6. The van der Waals surface area contributed by atoms with Gasteiger partial charge in [0, 0.05) is 16.5 Å². The van der Waals surface area contributed by atoms with Crippen molar-refractivity contribution in [3.8, 4) is 11.5 Å². The lowest BCUT2D eigenvalue weighted by molar-refractivity contribution is 0.0929. The molecule has 0 saturated carbocycles. The van der Waals surface area contributed by atoms with Crippen molar-refractivity contribution in [2.45, 2.75) is 31.6 Å². The van der Waals surface area contributed by atoms with Gasteiger partial charge < -0.3 is 14.8 Å². The lowest BCUT2D eigenvalue weighted by Gasteiger charge is -2.21. The summed E-state index contributed by atoms with van der Waals surface area (Å²) in [5, 5.41) is 8.19. The van der Waals surface area contributed by atoms with Gasteiger partial charge in [-0.15, -0.1) is 11.3 Å². The van der Waals surface area contributed by atoms with Crippen LogP contribution >= 0.6 is 22.9 Å². The second-order valence-corrected chi connectivity index (χ2v) is 9.64. The number of thiophene rings is 1. The summed E-state index contributed by atoms with van der Waals surface area (Å²) in [7, 11) is 0. The number of halogens is 1. The fourth-order valence-corrected chi connectivity index (χ4v) is 5.29. The van der Waals surface area contributed by atoms with E-state index in [0.717, 1.165) is 48.1 Å². The number of para-hydroxylation sites is 1. The van der Waals surface area contributed by atoms with Crippen molar-refractivity contribution >= 4 is 28.8 Å². The van der Waals surface area contributed by atoms with Crippen LogP contribution in [0.3, 0.4) is 0 Å². The lowest BCUT2D eigenvalue weighted by Crippen LogP contribution is -2.27. The molecule has 0 bridgehead atoms. The predicted octanol–water partition coefficient (Wildman–Crippen LogP) is 4.31. The van der Waals surface area contributed by atoms with E-state index in [1.165, 1.54) is 4.88 Å². The number of benzene rings is 1. The van der Waals surface area contributed by atoms with Crippen molar-refractivity contribution in [2.24, 2.45) is 0 Å². The second kappa shape index (κ2) is 9.02. The Kier molecular flexibility index (Phi) is 5.98. The van der Waals surface area contributed by atoms with Gasteiger partial charge in [0.25, 0.3) is 5.91 Å². The number of carbonyl (C=O) groups is 1. The Bertz CT molecular complexity index is 1090. The van der Waals surface area contributed by atoms with E-state index in [1.54, 1.807) is 22.1 Å². The highest BCUT2D eigenvalue weighted by molar-refractivity contribution is 7.16. The van der Waals surface area contributed by atoms with Gasteiger partial charge in [-0.1, -0.05) is 17.7 Å². The van der Waals surface area contributed by atoms with Gasteiger partial charge in [-0.2, -0.15) is 5.10 Å². The van der Waals surface area contributed by atoms with Crippen molar-refractivity contribution in [2.75, 3.05) is 26.3 Å². The van der Waals surface area contributed by atoms with Gasteiger partial charge in [0.15, 0.2) is 11.5 Å². The van der Waals surface area contributed by atoms with Crippen LogP contribution in [0.2, 0.25) is 4.34 Å². The molecule has 162 valence electrons. The number of fused-ring (bicyclic) bond motifs is 1. The molecule has 0 radical (unpaired) electrons. The molecule has 8 heteroatoms. The highest BCUT2D eigenvalue weighted by atomic mass is 35.5. The maximum atomic E-state index is 13.6. The number of piperidine rings is 1. The third-order valence-electron chi connectivity index (χ3n) is 5.80. The van der Waals surface area contributed by atoms with E-state index < -0.39 is 0 Å². The van der Waals surface area contributed by atoms with Crippen molar-refractivity contribution in [1.82, 2.24) is 15.1 Å². The third-order valence-corrected chi connectivity index (χ3v) is 7.10. The number of carbonyl (C=O) groups excluding carboxylic acids is 1. The number of nitrogens with zero attached hydrogens (tertiary/aromatic N) is 2. The van der Waals surface area contributed by atoms with E-state index >= 15 is 0 Å². The molecule has 5 rings (SSSR count). The van der Waals surface area contributed by atoms with Crippen LogP contribution in [0, 0.1) is 0 Å². The van der Waals surface area contributed by atoms with Crippen LogP contribution in [0.4, 0.5) is 0 Å². The van der Waals surface area contributed by atoms with Crippen LogP contribution in [-0.2, 0) is 12.8 Å². The molecule has 1 fully saturated rings. The molecule has 0 spiro atoms. The third kappa shape index (κ3) is 4.35. The van der Waals surface area contributed by atoms with Crippen LogP contribution in [0.25, 0.3) is 0 Å². The monoisotopic (exact) mass is 457 g/mol. The first-order valence-electron chi connectivity index (χ1n) is 10.7. The zero-order valence-electron chi connectivity index (χ0n) is 17.1. The molecule has 0 amide bonds. The van der Waals surface area contributed by atoms with Gasteiger partial charge in [0.1, 0.15) is 13.2 Å². The minimum absolute atomic E-state index is 0.179. The van der Waals surface area contributed by atoms with E-state index in [9.17, 15) is 4.79 Å². The Balaban J connectivity index is 1.48. The molecule has 2 aliphatic rings. The topological polar surface area (TPSA) is 65.4 Å². The largest absolute Gasteiger partial charge is 0.486 e. The quantitative estimate of drug-likeness (QED) is 0.618. The number of aromatic nitrogens is 2. The molecule has 3 aromatic rings. The van der Waals surface area contributed by atoms with E-state index in [4.69, 9.17) is 26.2 Å². The van der Waals surface area contributed by atoms with E-state index in [1.807, 2.05) is 24.3 Å². The van der Waals surface area contributed by atoms with Crippen molar-refractivity contribution in [1.29, 1.82) is 0 Å². The van der Waals surface area contributed by atoms with Gasteiger partial charge >= 0.3 is 0 Å². The molecule has 31 heavy (non-hydrogen) atoms. The van der Waals surface area contributed by atoms with Gasteiger partial charge in [-0.3, -0.25) is 4.79 Å². The summed E-state index contributed by atoms with van der Waals surface area (Å²) in [6, 6.07) is 11.5. The standard InChI is InChI=1S/C23H24ClN3O3S/c24-21-7-6-17(31-21)5-4-16-14-19(15-8-10-25-11-9-15)26-27(16)23(28)18-2-1-3-20-22(18)30-13-12-29-20/h1-3,6-7,14-15,25H,4-5,8-13H2. The number of rotatable bonds is 5. The summed E-state index contributed by atoms with van der Waals surface area (Å²) in [5.41, 5.74) is 2.39. The van der Waals surface area contributed by atoms with Crippen LogP contribution in [-0.4, -0.2) is 42.0 Å². The molecular weight excluding hydrogens is 434 g/mol. The van der Waals surface area contributed by atoms with Crippen LogP contribution in [0.1, 0.15) is 45.4 Å². The lowest BCUT2D eigenvalue weighted by atomic mass is 9.94. The average molecular weight is 458 g/mol. The predicted molar refractivity (Wildman–Crippen MR) is 121 cm³/mol. The fourth-order valence-electron chi connectivity index (χ4n) is 4.21. The summed E-state index contributed by atoms with van der Waals surface area (Å²) in [5.74, 6) is 1.31. The summed E-state index contributed by atoms with van der Waals surface area (Å²) in [4.78, 5) is 14.8. The SMILES string of the molecule is O=C(c1cccc2c1OCCO2)n1nc(C2CCNCC2)cc1CCc1ccc(Cl)s1. The first-order chi connectivity index (χ1) is 15.2. The number of nitrogens with one attached hydrogen (secondary N) is 1. The summed E-state index contributed by atoms with van der Waals surface area (Å²) >= 11 is 7.67. The smallest absolute Gasteiger partial charge is 0.282 e. The molecule has 2 aliphatic heterocycles. The van der Waals surface area contributed by atoms with Crippen LogP contribution in [0.5, 0.6) is 11.5 Å². The van der Waals surface area contributed by atoms with Gasteiger partial charge in [-0.25, -0.2) is 4.68 Å². The van der Waals surface area contributed by atoms with Gasteiger partial charge in [-0.05, 0) is 69.1 Å². The molecule has 1 saturated heterocycles. The minimum atomic E-state index is -0.179. The van der Waals surface area contributed by atoms with Crippen molar-refractivity contribution in [3.63, 3.8) is 0 Å². The fraction of sp³-hybridized carbons (Fsp3) is 0.391. The van der Waals surface area contributed by atoms with Gasteiger partial charge in [0.05, 0.1) is 15.6 Å². The van der Waals surface area contributed by atoms with Gasteiger partial charge in [0.2, 0.25) is 0 Å². The minimum Gasteiger partial charge on any atom is -0.486 e. The molecule has 2 aromatic heterocycles. The molecule has 4 heterocycles. The van der Waals surface area contributed by atoms with Crippen molar-refractivity contribution in [3.05, 3.63) is 62.6 Å². The van der Waals surface area contributed by atoms with Crippen LogP contribution in [0.15, 0.2) is 36.4 Å². The highest BCUT2D eigenvalue weighted by Gasteiger charge is 2.26. The molecule has 1 aromatic carbocycles. The zero-order valence-corrected chi connectivity index (χ0v) is 18.7. The first-order valence-corrected chi connectivity index (χ1v) is 11.9. The number of aryl methyl sites for hydroxylation is 2. The van der Waals surface area contributed by atoms with Crippen molar-refractivity contribution < 1.29 is 14.3 Å². The molecule has 0 atom stereocenters. The average Bonchev–Trinajstić information content (AvgIpc) is 3.43. The molecular formula is C23H24ClN3O3S. The maximum Gasteiger partial charge on any atom is 0.282 e. The number of hydrogen-bond acceptors (Lipinski definition) is 6. The second-order valence-electron chi connectivity index (χ2n) is 7.84. The number of hydrogen-bond donors (Lipinski definition) is 1. The number of ether oxygens (including phenoxy) is 2. The molecule has 0 aliphatic carbocycles. The Hall–Kier alpha value is -2.35. The zero-order chi connectivity index (χ0) is 21.2. The summed E-state index contributed by atoms with van der Waals surface area (Å²) in [6.45, 7) is 2.88. The molecule has 1 N–H and O–H groups in total. The first kappa shape index (κ1) is 20.5. The summed E-state index contributed by atoms with van der Waals surface area (Å²) in [6.07, 6.45) is 3.59. The Morgan fingerprint density at radius 2 is 2.00 bits per heavy atom. The Morgan fingerprint density at radius 1 is 1.16 bits per heavy atom.